The number of benzene rings is 7. The molecule has 0 N–H and O–H groups in total. The van der Waals surface area contributed by atoms with Crippen LogP contribution < -0.4 is 0 Å². The second-order valence-corrected chi connectivity index (χ2v) is 10.2. The van der Waals surface area contributed by atoms with E-state index in [0.29, 0.717) is 0 Å². The maximum atomic E-state index is 2.39. The Kier molecular flexibility index (Phi) is 4.89. The molecule has 7 aromatic carbocycles. The number of fused-ring (bicyclic) bond motifs is 6. The zero-order chi connectivity index (χ0) is 25.8. The molecule has 8 rings (SSSR count). The topological polar surface area (TPSA) is 4.93 Å². The predicted octanol–water partition coefficient (Wildman–Crippen LogP) is 10.4. The van der Waals surface area contributed by atoms with Crippen molar-refractivity contribution < 1.29 is 0 Å². The SMILES string of the molecule is c1ccc(-c2ccc3ccc(-c4ccc5ccc6c(c5c4)c4ccccc4n6-c4ccccc4)cc3c2)cc1. The molecule has 0 fully saturated rings. The molecule has 1 heteroatoms. The van der Waals surface area contributed by atoms with Crippen molar-refractivity contribution in [2.75, 3.05) is 0 Å². The third kappa shape index (κ3) is 3.55. The number of hydrogen-bond acceptors (Lipinski definition) is 0. The van der Waals surface area contributed by atoms with Crippen LogP contribution in [0.5, 0.6) is 0 Å². The molecule has 1 aromatic heterocycles. The fourth-order valence-corrected chi connectivity index (χ4v) is 6.06. The first-order chi connectivity index (χ1) is 19.3. The van der Waals surface area contributed by atoms with Gasteiger partial charge in [0.1, 0.15) is 0 Å². The van der Waals surface area contributed by atoms with Gasteiger partial charge in [-0.2, -0.15) is 0 Å². The van der Waals surface area contributed by atoms with Crippen LogP contribution in [0.2, 0.25) is 0 Å². The lowest BCUT2D eigenvalue weighted by Crippen LogP contribution is -1.92. The summed E-state index contributed by atoms with van der Waals surface area (Å²) in [5.41, 5.74) is 8.61. The standard InChI is InChI=1S/C38H25N/c1-3-9-26(10-4-1)29-18-15-27-16-19-30(24-32(27)23-29)31-20-17-28-21-22-37-38(35(28)25-31)34-13-7-8-14-36(34)39(37)33-11-5-2-6-12-33/h1-25H. The van der Waals surface area contributed by atoms with Gasteiger partial charge in [-0.1, -0.05) is 109 Å². The van der Waals surface area contributed by atoms with Gasteiger partial charge in [0.05, 0.1) is 11.0 Å². The maximum Gasteiger partial charge on any atom is 0.0547 e. The molecular formula is C38H25N. The third-order valence-electron chi connectivity index (χ3n) is 7.95. The van der Waals surface area contributed by atoms with E-state index in [1.165, 1.54) is 71.3 Å². The zero-order valence-electron chi connectivity index (χ0n) is 21.4. The fourth-order valence-electron chi connectivity index (χ4n) is 6.06. The molecule has 0 unspecified atom stereocenters. The summed E-state index contributed by atoms with van der Waals surface area (Å²) in [6, 6.07) is 55.0. The van der Waals surface area contributed by atoms with Gasteiger partial charge in [-0.15, -0.1) is 0 Å². The Labute approximate surface area is 227 Å². The smallest absolute Gasteiger partial charge is 0.0547 e. The lowest BCUT2D eigenvalue weighted by molar-refractivity contribution is 1.18. The largest absolute Gasteiger partial charge is 0.309 e. The van der Waals surface area contributed by atoms with Gasteiger partial charge in [0.25, 0.3) is 0 Å². The highest BCUT2D eigenvalue weighted by Crippen LogP contribution is 2.38. The van der Waals surface area contributed by atoms with E-state index in [-0.39, 0.29) is 0 Å². The first-order valence-corrected chi connectivity index (χ1v) is 13.4. The average Bonchev–Trinajstić information content (AvgIpc) is 3.36. The minimum Gasteiger partial charge on any atom is -0.309 e. The van der Waals surface area contributed by atoms with Crippen LogP contribution in [0, 0.1) is 0 Å². The Bertz CT molecular complexity index is 2150. The first kappa shape index (κ1) is 21.9. The molecule has 0 saturated heterocycles. The van der Waals surface area contributed by atoms with Gasteiger partial charge in [-0.05, 0) is 86.3 Å². The van der Waals surface area contributed by atoms with Crippen molar-refractivity contribution in [3.63, 3.8) is 0 Å². The summed E-state index contributed by atoms with van der Waals surface area (Å²) >= 11 is 0. The number of hydrogen-bond donors (Lipinski definition) is 0. The number of rotatable bonds is 3. The quantitative estimate of drug-likeness (QED) is 0.230. The Morgan fingerprint density at radius 3 is 1.69 bits per heavy atom. The number of para-hydroxylation sites is 2. The number of aromatic nitrogens is 1. The molecule has 1 heterocycles. The van der Waals surface area contributed by atoms with Gasteiger partial charge >= 0.3 is 0 Å². The van der Waals surface area contributed by atoms with E-state index in [2.05, 4.69) is 156 Å². The van der Waals surface area contributed by atoms with E-state index in [9.17, 15) is 0 Å². The fraction of sp³-hybridized carbons (Fsp3) is 0. The summed E-state index contributed by atoms with van der Waals surface area (Å²) in [7, 11) is 0. The van der Waals surface area contributed by atoms with Crippen LogP contribution in [-0.2, 0) is 0 Å². The van der Waals surface area contributed by atoms with E-state index < -0.39 is 0 Å². The molecular weight excluding hydrogens is 470 g/mol. The minimum absolute atomic E-state index is 1.18. The molecule has 0 bridgehead atoms. The van der Waals surface area contributed by atoms with Crippen LogP contribution in [0.15, 0.2) is 152 Å². The lowest BCUT2D eigenvalue weighted by Gasteiger charge is -2.10. The first-order valence-electron chi connectivity index (χ1n) is 13.4. The van der Waals surface area contributed by atoms with Crippen LogP contribution in [0.4, 0.5) is 0 Å². The van der Waals surface area contributed by atoms with E-state index in [4.69, 9.17) is 0 Å². The summed E-state index contributed by atoms with van der Waals surface area (Å²) in [6.07, 6.45) is 0. The van der Waals surface area contributed by atoms with Crippen molar-refractivity contribution in [1.29, 1.82) is 0 Å². The zero-order valence-corrected chi connectivity index (χ0v) is 21.4. The second kappa shape index (κ2) is 8.72. The summed E-state index contributed by atoms with van der Waals surface area (Å²) in [4.78, 5) is 0. The van der Waals surface area contributed by atoms with Gasteiger partial charge in [0.15, 0.2) is 0 Å². The molecule has 0 atom stereocenters. The maximum absolute atomic E-state index is 2.39. The van der Waals surface area contributed by atoms with Gasteiger partial charge in [0.2, 0.25) is 0 Å². The molecule has 0 spiro atoms. The van der Waals surface area contributed by atoms with E-state index in [1.54, 1.807) is 0 Å². The molecule has 1 nitrogen and oxygen atoms in total. The molecule has 0 saturated carbocycles. The molecule has 0 radical (unpaired) electrons. The highest BCUT2D eigenvalue weighted by atomic mass is 15.0. The lowest BCUT2D eigenvalue weighted by atomic mass is 9.95. The average molecular weight is 496 g/mol. The molecule has 182 valence electrons. The van der Waals surface area contributed by atoms with E-state index >= 15 is 0 Å². The minimum atomic E-state index is 1.18. The van der Waals surface area contributed by atoms with Crippen molar-refractivity contribution >= 4 is 43.4 Å². The molecule has 39 heavy (non-hydrogen) atoms. The highest BCUT2D eigenvalue weighted by Gasteiger charge is 2.15. The van der Waals surface area contributed by atoms with E-state index in [1.807, 2.05) is 0 Å². The summed E-state index contributed by atoms with van der Waals surface area (Å²) in [6.45, 7) is 0. The van der Waals surface area contributed by atoms with Crippen molar-refractivity contribution in [2.24, 2.45) is 0 Å². The third-order valence-corrected chi connectivity index (χ3v) is 7.95. The molecule has 0 aliphatic rings. The van der Waals surface area contributed by atoms with Crippen molar-refractivity contribution in [1.82, 2.24) is 4.57 Å². The van der Waals surface area contributed by atoms with Gasteiger partial charge in [0, 0.05) is 16.5 Å². The molecule has 0 aliphatic heterocycles. The van der Waals surface area contributed by atoms with E-state index in [0.717, 1.165) is 0 Å². The summed E-state index contributed by atoms with van der Waals surface area (Å²) < 4.78 is 2.39. The monoisotopic (exact) mass is 495 g/mol. The number of nitrogens with zero attached hydrogens (tertiary/aromatic N) is 1. The summed E-state index contributed by atoms with van der Waals surface area (Å²) in [5.74, 6) is 0. The van der Waals surface area contributed by atoms with Crippen molar-refractivity contribution in [2.45, 2.75) is 0 Å². The Balaban J connectivity index is 1.35. The van der Waals surface area contributed by atoms with Crippen LogP contribution in [0.25, 0.3) is 71.3 Å². The van der Waals surface area contributed by atoms with Crippen LogP contribution in [-0.4, -0.2) is 4.57 Å². The Hall–Kier alpha value is -5.14. The van der Waals surface area contributed by atoms with Gasteiger partial charge in [-0.3, -0.25) is 0 Å². The normalized spacial score (nSPS) is 11.6. The van der Waals surface area contributed by atoms with Crippen LogP contribution in [0.3, 0.4) is 0 Å². The van der Waals surface area contributed by atoms with Crippen LogP contribution in [0.1, 0.15) is 0 Å². The van der Waals surface area contributed by atoms with Crippen LogP contribution >= 0.6 is 0 Å². The van der Waals surface area contributed by atoms with Gasteiger partial charge in [-0.25, -0.2) is 0 Å². The summed E-state index contributed by atoms with van der Waals surface area (Å²) in [5, 5.41) is 7.65. The second-order valence-electron chi connectivity index (χ2n) is 10.2. The molecule has 0 amide bonds. The van der Waals surface area contributed by atoms with Crippen molar-refractivity contribution in [3.8, 4) is 27.9 Å². The Morgan fingerprint density at radius 2 is 0.923 bits per heavy atom. The molecule has 0 aliphatic carbocycles. The van der Waals surface area contributed by atoms with Gasteiger partial charge < -0.3 is 4.57 Å². The predicted molar refractivity (Wildman–Crippen MR) is 167 cm³/mol. The van der Waals surface area contributed by atoms with Crippen molar-refractivity contribution in [3.05, 3.63) is 152 Å². The molecule has 8 aromatic rings. The highest BCUT2D eigenvalue weighted by molar-refractivity contribution is 6.21. The Morgan fingerprint density at radius 1 is 0.333 bits per heavy atom.